The molecule has 8 nitrogen and oxygen atoms in total. The summed E-state index contributed by atoms with van der Waals surface area (Å²) in [7, 11) is 0. The first-order valence-electron chi connectivity index (χ1n) is 10.00. The third kappa shape index (κ3) is 6.78. The molecular weight excluding hydrogens is 418 g/mol. The molecule has 1 amide bonds. The minimum absolute atomic E-state index is 0.0627. The van der Waals surface area contributed by atoms with Gasteiger partial charge in [-0.3, -0.25) is 9.79 Å². The fourth-order valence-corrected chi connectivity index (χ4v) is 3.36. The molecule has 1 aliphatic heterocycles. The Kier molecular flexibility index (Phi) is 8.40. The number of benzene rings is 1. The van der Waals surface area contributed by atoms with Crippen LogP contribution in [0, 0.1) is 5.92 Å². The summed E-state index contributed by atoms with van der Waals surface area (Å²) in [6.07, 6.45) is 8.75. The van der Waals surface area contributed by atoms with Crippen LogP contribution >= 0.6 is 11.6 Å². The molecule has 1 aliphatic rings. The van der Waals surface area contributed by atoms with Crippen molar-refractivity contribution in [2.45, 2.75) is 12.8 Å². The Bertz CT molecular complexity index is 964. The topological polar surface area (TPSA) is 115 Å². The van der Waals surface area contributed by atoms with E-state index in [1.807, 2.05) is 12.1 Å². The first kappa shape index (κ1) is 22.7. The lowest BCUT2D eigenvalue weighted by molar-refractivity contribution is 0.0961. The number of nitrogens with two attached hydrogens (primary N) is 1. The maximum Gasteiger partial charge on any atom is 0.292 e. The molecule has 2 heterocycles. The largest absolute Gasteiger partial charge is 0.431 e. The van der Waals surface area contributed by atoms with Gasteiger partial charge >= 0.3 is 0 Å². The predicted octanol–water partition coefficient (Wildman–Crippen LogP) is 3.78. The third-order valence-corrected chi connectivity index (χ3v) is 5.08. The number of hydrogen-bond acceptors (Lipinski definition) is 7. The van der Waals surface area contributed by atoms with Crippen molar-refractivity contribution in [3.8, 4) is 0 Å². The fourth-order valence-electron chi connectivity index (χ4n) is 3.19. The number of rotatable bonds is 9. The Morgan fingerprint density at radius 2 is 2.39 bits per heavy atom. The monoisotopic (exact) mass is 443 g/mol. The number of carbonyl (C=O) groups excluding carboxylic acids is 1. The zero-order chi connectivity index (χ0) is 22.1. The normalized spacial score (nSPS) is 17.1. The minimum atomic E-state index is -0.479. The second-order valence-electron chi connectivity index (χ2n) is 7.10. The van der Waals surface area contributed by atoms with Gasteiger partial charge in [-0.05, 0) is 48.6 Å². The van der Waals surface area contributed by atoms with Crippen molar-refractivity contribution in [2.24, 2.45) is 10.9 Å². The number of anilines is 2. The standard InChI is InChI=1S/C22H26ClN5O3/c1-2-4-17(11-26-14-30-12-15-5-3-8-25-10-15)16-6-7-18(23)19(9-16)27-21(29)20-13-31-22(24)28-20/h2,4,6-7,9,11,13,15,25H,1,3,5,8,10,12,14H2,(H2,24,28)(H,27,29)/b17-4+,26-11-. The van der Waals surface area contributed by atoms with Gasteiger partial charge in [-0.2, -0.15) is 4.98 Å². The molecule has 0 saturated carbocycles. The minimum Gasteiger partial charge on any atom is -0.431 e. The van der Waals surface area contributed by atoms with Crippen molar-refractivity contribution < 1.29 is 13.9 Å². The van der Waals surface area contributed by atoms with Crippen molar-refractivity contribution in [1.29, 1.82) is 0 Å². The van der Waals surface area contributed by atoms with Gasteiger partial charge in [-0.15, -0.1) is 0 Å². The van der Waals surface area contributed by atoms with Crippen LogP contribution in [-0.4, -0.2) is 43.5 Å². The molecular formula is C22H26ClN5O3. The number of halogens is 1. The number of allylic oxidation sites excluding steroid dienone is 3. The number of aliphatic imine (C=N–C) groups is 1. The quantitative estimate of drug-likeness (QED) is 0.308. The molecule has 164 valence electrons. The summed E-state index contributed by atoms with van der Waals surface area (Å²) in [6, 6.07) is 5.20. The van der Waals surface area contributed by atoms with E-state index in [0.29, 0.717) is 23.2 Å². The number of carbonyl (C=O) groups is 1. The Morgan fingerprint density at radius 3 is 3.10 bits per heavy atom. The highest BCUT2D eigenvalue weighted by Gasteiger charge is 2.14. The van der Waals surface area contributed by atoms with Crippen molar-refractivity contribution in [2.75, 3.05) is 37.5 Å². The van der Waals surface area contributed by atoms with E-state index in [1.54, 1.807) is 24.4 Å². The molecule has 2 aromatic rings. The Hall–Kier alpha value is -2.94. The van der Waals surface area contributed by atoms with Crippen LogP contribution in [0.4, 0.5) is 11.7 Å². The molecule has 0 aliphatic carbocycles. The Balaban J connectivity index is 1.63. The van der Waals surface area contributed by atoms with E-state index in [4.69, 9.17) is 26.5 Å². The molecule has 1 unspecified atom stereocenters. The average molecular weight is 444 g/mol. The first-order valence-corrected chi connectivity index (χ1v) is 10.4. The number of nitrogens with zero attached hydrogens (tertiary/aromatic N) is 2. The average Bonchev–Trinajstić information content (AvgIpc) is 3.21. The van der Waals surface area contributed by atoms with Crippen LogP contribution in [0.25, 0.3) is 5.57 Å². The van der Waals surface area contributed by atoms with Crippen LogP contribution < -0.4 is 16.4 Å². The van der Waals surface area contributed by atoms with Crippen molar-refractivity contribution in [1.82, 2.24) is 10.3 Å². The lowest BCUT2D eigenvalue weighted by atomic mass is 10.0. The molecule has 1 aromatic carbocycles. The van der Waals surface area contributed by atoms with E-state index in [0.717, 1.165) is 24.2 Å². The lowest BCUT2D eigenvalue weighted by Crippen LogP contribution is -2.32. The Morgan fingerprint density at radius 1 is 1.52 bits per heavy atom. The molecule has 31 heavy (non-hydrogen) atoms. The van der Waals surface area contributed by atoms with Gasteiger partial charge in [0.05, 0.1) is 17.3 Å². The maximum atomic E-state index is 12.3. The van der Waals surface area contributed by atoms with Gasteiger partial charge in [-0.25, -0.2) is 0 Å². The summed E-state index contributed by atoms with van der Waals surface area (Å²) in [5, 5.41) is 6.47. The van der Waals surface area contributed by atoms with E-state index in [9.17, 15) is 4.79 Å². The van der Waals surface area contributed by atoms with Gasteiger partial charge in [-0.1, -0.05) is 36.4 Å². The van der Waals surface area contributed by atoms with Crippen molar-refractivity contribution >= 4 is 41.0 Å². The number of oxazole rings is 1. The predicted molar refractivity (Wildman–Crippen MR) is 123 cm³/mol. The SMILES string of the molecule is C=C/C=C(\C=N/COCC1CCCNC1)c1ccc(Cl)c(NC(=O)c2coc(N)n2)c1. The van der Waals surface area contributed by atoms with E-state index >= 15 is 0 Å². The number of ether oxygens (including phenoxy) is 1. The Labute approximate surface area is 186 Å². The van der Waals surface area contributed by atoms with Crippen molar-refractivity contribution in [3.63, 3.8) is 0 Å². The van der Waals surface area contributed by atoms with Gasteiger partial charge < -0.3 is 25.5 Å². The van der Waals surface area contributed by atoms with Gasteiger partial charge in [0.25, 0.3) is 11.9 Å². The molecule has 0 spiro atoms. The highest BCUT2D eigenvalue weighted by molar-refractivity contribution is 6.34. The van der Waals surface area contributed by atoms with Crippen LogP contribution in [0.3, 0.4) is 0 Å². The maximum absolute atomic E-state index is 12.3. The smallest absolute Gasteiger partial charge is 0.292 e. The van der Waals surface area contributed by atoms with Crippen LogP contribution in [0.15, 0.2) is 52.6 Å². The molecule has 9 heteroatoms. The van der Waals surface area contributed by atoms with Crippen LogP contribution in [0.1, 0.15) is 28.9 Å². The number of aromatic nitrogens is 1. The molecule has 0 bridgehead atoms. The zero-order valence-electron chi connectivity index (χ0n) is 17.1. The van der Waals surface area contributed by atoms with E-state index in [2.05, 4.69) is 27.2 Å². The number of nitrogens with one attached hydrogen (secondary N) is 2. The van der Waals surface area contributed by atoms with Gasteiger partial charge in [0.2, 0.25) is 0 Å². The highest BCUT2D eigenvalue weighted by atomic mass is 35.5. The highest BCUT2D eigenvalue weighted by Crippen LogP contribution is 2.27. The molecule has 4 N–H and O–H groups in total. The molecule has 1 aromatic heterocycles. The molecule has 0 radical (unpaired) electrons. The number of piperidine rings is 1. The van der Waals surface area contributed by atoms with Gasteiger partial charge in [0, 0.05) is 12.8 Å². The van der Waals surface area contributed by atoms with Gasteiger partial charge in [0.15, 0.2) is 5.69 Å². The number of amides is 1. The molecule has 1 atom stereocenters. The number of hydrogen-bond donors (Lipinski definition) is 3. The first-order chi connectivity index (χ1) is 15.1. The van der Waals surface area contributed by atoms with Crippen LogP contribution in [0.5, 0.6) is 0 Å². The third-order valence-electron chi connectivity index (χ3n) is 4.75. The summed E-state index contributed by atoms with van der Waals surface area (Å²) in [4.78, 5) is 20.5. The molecule has 3 rings (SSSR count). The lowest BCUT2D eigenvalue weighted by Gasteiger charge is -2.21. The van der Waals surface area contributed by atoms with E-state index in [-0.39, 0.29) is 18.4 Å². The summed E-state index contributed by atoms with van der Waals surface area (Å²) in [6.45, 7) is 6.80. The van der Waals surface area contributed by atoms with E-state index in [1.165, 1.54) is 19.1 Å². The second kappa shape index (κ2) is 11.5. The molecule has 1 saturated heterocycles. The van der Waals surface area contributed by atoms with E-state index < -0.39 is 5.91 Å². The van der Waals surface area contributed by atoms with Crippen LogP contribution in [0.2, 0.25) is 5.02 Å². The summed E-state index contributed by atoms with van der Waals surface area (Å²) >= 11 is 6.25. The summed E-state index contributed by atoms with van der Waals surface area (Å²) in [5.74, 6) is 0.0580. The summed E-state index contributed by atoms with van der Waals surface area (Å²) in [5.41, 5.74) is 7.51. The molecule has 1 fully saturated rings. The van der Waals surface area contributed by atoms with Crippen LogP contribution in [-0.2, 0) is 4.74 Å². The number of nitrogen functional groups attached to an aromatic ring is 1. The van der Waals surface area contributed by atoms with Crippen molar-refractivity contribution in [3.05, 3.63) is 59.5 Å². The fraction of sp³-hybridized carbons (Fsp3) is 0.318. The van der Waals surface area contributed by atoms with Gasteiger partial charge in [0.1, 0.15) is 13.0 Å². The zero-order valence-corrected chi connectivity index (χ0v) is 17.9. The second-order valence-corrected chi connectivity index (χ2v) is 7.51. The summed E-state index contributed by atoms with van der Waals surface area (Å²) < 4.78 is 10.6.